The highest BCUT2D eigenvalue weighted by atomic mass is 14.9. The Morgan fingerprint density at radius 2 is 1.78 bits per heavy atom. The van der Waals surface area contributed by atoms with E-state index in [1.807, 2.05) is 0 Å². The van der Waals surface area contributed by atoms with E-state index >= 15 is 0 Å². The average Bonchev–Trinajstić information content (AvgIpc) is 2.33. The van der Waals surface area contributed by atoms with Crippen LogP contribution in [0.25, 0.3) is 0 Å². The van der Waals surface area contributed by atoms with Gasteiger partial charge in [-0.3, -0.25) is 0 Å². The lowest BCUT2D eigenvalue weighted by molar-refractivity contribution is 0.574. The number of benzene rings is 1. The molecule has 1 aromatic rings. The van der Waals surface area contributed by atoms with Crippen LogP contribution < -0.4 is 5.32 Å². The second-order valence-corrected chi connectivity index (χ2v) is 5.91. The Balaban J connectivity index is 2.56. The van der Waals surface area contributed by atoms with Gasteiger partial charge >= 0.3 is 0 Å². The normalized spacial score (nSPS) is 14.1. The van der Waals surface area contributed by atoms with Crippen LogP contribution >= 0.6 is 0 Å². The molecule has 1 aromatic carbocycles. The number of rotatable bonds is 5. The van der Waals surface area contributed by atoms with Gasteiger partial charge in [0, 0.05) is 6.04 Å². The first kappa shape index (κ1) is 15.0. The molecule has 1 heteroatoms. The van der Waals surface area contributed by atoms with Crippen LogP contribution in [0.5, 0.6) is 0 Å². The van der Waals surface area contributed by atoms with Crippen molar-refractivity contribution in [2.24, 2.45) is 0 Å². The fourth-order valence-corrected chi connectivity index (χ4v) is 1.94. The molecule has 0 radical (unpaired) electrons. The molecule has 1 rings (SSSR count). The maximum Gasteiger partial charge on any atom is 0.0291 e. The van der Waals surface area contributed by atoms with Crippen LogP contribution in [0.1, 0.15) is 58.2 Å². The van der Waals surface area contributed by atoms with Crippen molar-refractivity contribution >= 4 is 0 Å². The summed E-state index contributed by atoms with van der Waals surface area (Å²) >= 11 is 0. The Morgan fingerprint density at radius 1 is 1.17 bits per heavy atom. The molecule has 0 spiro atoms. The lowest BCUT2D eigenvalue weighted by Crippen LogP contribution is -2.19. The van der Waals surface area contributed by atoms with Crippen molar-refractivity contribution in [2.75, 3.05) is 6.54 Å². The summed E-state index contributed by atoms with van der Waals surface area (Å²) in [4.78, 5) is 0. The van der Waals surface area contributed by atoms with E-state index in [0.717, 1.165) is 13.0 Å². The van der Waals surface area contributed by atoms with Crippen molar-refractivity contribution in [2.45, 2.75) is 52.5 Å². The minimum atomic E-state index is 0.237. The molecule has 0 bridgehead atoms. The van der Waals surface area contributed by atoms with Crippen LogP contribution in [0.3, 0.4) is 0 Å². The minimum absolute atomic E-state index is 0.237. The van der Waals surface area contributed by atoms with Crippen LogP contribution in [-0.4, -0.2) is 6.54 Å². The highest BCUT2D eigenvalue weighted by Crippen LogP contribution is 2.23. The van der Waals surface area contributed by atoms with Gasteiger partial charge in [-0.15, -0.1) is 0 Å². The Bertz CT molecular complexity index is 368. The maximum atomic E-state index is 3.54. The zero-order valence-corrected chi connectivity index (χ0v) is 12.5. The van der Waals surface area contributed by atoms with Crippen molar-refractivity contribution < 1.29 is 0 Å². The summed E-state index contributed by atoms with van der Waals surface area (Å²) in [6.45, 7) is 12.1. The van der Waals surface area contributed by atoms with Gasteiger partial charge in [0.1, 0.15) is 0 Å². The molecule has 1 atom stereocenters. The second kappa shape index (κ2) is 6.75. The van der Waals surface area contributed by atoms with Crippen molar-refractivity contribution in [1.29, 1.82) is 0 Å². The topological polar surface area (TPSA) is 12.0 Å². The monoisotopic (exact) mass is 245 g/mol. The molecule has 1 unspecified atom stereocenters. The van der Waals surface area contributed by atoms with Gasteiger partial charge in [-0.25, -0.2) is 0 Å². The largest absolute Gasteiger partial charge is 0.310 e. The van der Waals surface area contributed by atoms with Gasteiger partial charge in [-0.05, 0) is 43.4 Å². The Morgan fingerprint density at radius 3 is 2.28 bits per heavy atom. The molecule has 0 heterocycles. The Kier molecular flexibility index (Phi) is 5.61. The molecule has 18 heavy (non-hydrogen) atoms. The third kappa shape index (κ3) is 4.66. The SMILES string of the molecule is C/C=C/CCNC(C)c1ccc(C(C)(C)C)cc1. The molecular formula is C17H27N. The van der Waals surface area contributed by atoms with E-state index in [1.54, 1.807) is 0 Å². The van der Waals surface area contributed by atoms with Crippen molar-refractivity contribution in [3.05, 3.63) is 47.5 Å². The fraction of sp³-hybridized carbons (Fsp3) is 0.529. The lowest BCUT2D eigenvalue weighted by atomic mass is 9.86. The molecule has 1 N–H and O–H groups in total. The fourth-order valence-electron chi connectivity index (χ4n) is 1.94. The highest BCUT2D eigenvalue weighted by molar-refractivity contribution is 5.28. The van der Waals surface area contributed by atoms with Crippen molar-refractivity contribution in [1.82, 2.24) is 5.32 Å². The van der Waals surface area contributed by atoms with E-state index in [9.17, 15) is 0 Å². The molecule has 0 amide bonds. The number of nitrogens with one attached hydrogen (secondary N) is 1. The summed E-state index contributed by atoms with van der Waals surface area (Å²) in [5, 5.41) is 3.54. The van der Waals surface area contributed by atoms with Crippen LogP contribution in [0.4, 0.5) is 0 Å². The summed E-state index contributed by atoms with van der Waals surface area (Å²) in [6, 6.07) is 9.41. The Labute approximate surface area is 112 Å². The first-order chi connectivity index (χ1) is 8.45. The molecule has 100 valence electrons. The third-order valence-electron chi connectivity index (χ3n) is 3.27. The molecule has 0 aliphatic carbocycles. The van der Waals surface area contributed by atoms with E-state index < -0.39 is 0 Å². The van der Waals surface area contributed by atoms with E-state index in [0.29, 0.717) is 6.04 Å². The molecule has 0 aliphatic rings. The summed E-state index contributed by atoms with van der Waals surface area (Å²) < 4.78 is 0. The second-order valence-electron chi connectivity index (χ2n) is 5.91. The van der Waals surface area contributed by atoms with Crippen LogP contribution in [0.2, 0.25) is 0 Å². The summed E-state index contributed by atoms with van der Waals surface area (Å²) in [7, 11) is 0. The molecule has 0 aliphatic heterocycles. The lowest BCUT2D eigenvalue weighted by Gasteiger charge is -2.20. The number of allylic oxidation sites excluding steroid dienone is 1. The van der Waals surface area contributed by atoms with Crippen molar-refractivity contribution in [3.8, 4) is 0 Å². The smallest absolute Gasteiger partial charge is 0.0291 e. The summed E-state index contributed by atoms with van der Waals surface area (Å²) in [5.74, 6) is 0. The van der Waals surface area contributed by atoms with Crippen LogP contribution in [0, 0.1) is 0 Å². The standard InChI is InChI=1S/C17H27N/c1-6-7-8-13-18-14(2)15-9-11-16(12-10-15)17(3,4)5/h6-7,9-12,14,18H,8,13H2,1-5H3/b7-6+. The van der Waals surface area contributed by atoms with E-state index in [4.69, 9.17) is 0 Å². The van der Waals surface area contributed by atoms with Gasteiger partial charge in [-0.1, -0.05) is 57.2 Å². The van der Waals surface area contributed by atoms with Crippen LogP contribution in [0.15, 0.2) is 36.4 Å². The highest BCUT2D eigenvalue weighted by Gasteiger charge is 2.13. The van der Waals surface area contributed by atoms with E-state index in [2.05, 4.69) is 76.4 Å². The van der Waals surface area contributed by atoms with Gasteiger partial charge in [0.2, 0.25) is 0 Å². The molecular weight excluding hydrogens is 218 g/mol. The van der Waals surface area contributed by atoms with Gasteiger partial charge in [0.05, 0.1) is 0 Å². The van der Waals surface area contributed by atoms with E-state index in [1.165, 1.54) is 11.1 Å². The first-order valence-electron chi connectivity index (χ1n) is 6.90. The van der Waals surface area contributed by atoms with E-state index in [-0.39, 0.29) is 5.41 Å². The molecule has 0 saturated carbocycles. The first-order valence-corrected chi connectivity index (χ1v) is 6.90. The quantitative estimate of drug-likeness (QED) is 0.590. The number of hydrogen-bond donors (Lipinski definition) is 1. The predicted molar refractivity (Wildman–Crippen MR) is 81.0 cm³/mol. The zero-order valence-electron chi connectivity index (χ0n) is 12.5. The molecule has 0 saturated heterocycles. The number of hydrogen-bond acceptors (Lipinski definition) is 1. The van der Waals surface area contributed by atoms with Gasteiger partial charge in [0.25, 0.3) is 0 Å². The summed E-state index contributed by atoms with van der Waals surface area (Å²) in [6.07, 6.45) is 5.40. The average molecular weight is 245 g/mol. The predicted octanol–water partition coefficient (Wildman–Crippen LogP) is 4.60. The molecule has 0 fully saturated rings. The van der Waals surface area contributed by atoms with Gasteiger partial charge in [0.15, 0.2) is 0 Å². The third-order valence-corrected chi connectivity index (χ3v) is 3.27. The summed E-state index contributed by atoms with van der Waals surface area (Å²) in [5.41, 5.74) is 3.00. The maximum absolute atomic E-state index is 3.54. The molecule has 0 aromatic heterocycles. The zero-order chi connectivity index (χ0) is 13.6. The van der Waals surface area contributed by atoms with Gasteiger partial charge in [-0.2, -0.15) is 0 Å². The van der Waals surface area contributed by atoms with Crippen molar-refractivity contribution in [3.63, 3.8) is 0 Å². The minimum Gasteiger partial charge on any atom is -0.310 e. The van der Waals surface area contributed by atoms with Gasteiger partial charge < -0.3 is 5.32 Å². The Hall–Kier alpha value is -1.08. The van der Waals surface area contributed by atoms with Crippen LogP contribution in [-0.2, 0) is 5.41 Å². The molecule has 1 nitrogen and oxygen atoms in total.